The lowest BCUT2D eigenvalue weighted by molar-refractivity contribution is 0.590. The van der Waals surface area contributed by atoms with Gasteiger partial charge in [0.05, 0.1) is 0 Å². The average molecular weight is 709 g/mol. The van der Waals surface area contributed by atoms with Crippen LogP contribution in [0.4, 0.5) is 34.1 Å². The lowest BCUT2D eigenvalue weighted by Crippen LogP contribution is -2.56. The van der Waals surface area contributed by atoms with Gasteiger partial charge in [-0.25, -0.2) is 0 Å². The van der Waals surface area contributed by atoms with E-state index in [0.717, 1.165) is 5.69 Å². The van der Waals surface area contributed by atoms with Gasteiger partial charge in [0.1, 0.15) is 0 Å². The number of fused-ring (bicyclic) bond motifs is 3. The minimum Gasteiger partial charge on any atom is -0.311 e. The summed E-state index contributed by atoms with van der Waals surface area (Å²) in [5.74, 6) is 0. The van der Waals surface area contributed by atoms with Gasteiger partial charge in [-0.3, -0.25) is 0 Å². The number of thiophene rings is 1. The molecule has 0 radical (unpaired) electrons. The van der Waals surface area contributed by atoms with Crippen molar-refractivity contribution in [2.45, 2.75) is 73.1 Å². The number of anilines is 6. The normalized spacial score (nSPS) is 12.9. The lowest BCUT2D eigenvalue weighted by Gasteiger charge is -2.38. The molecule has 1 aromatic heterocycles. The molecule has 0 fully saturated rings. The summed E-state index contributed by atoms with van der Waals surface area (Å²) < 4.78 is 2.72. The number of rotatable bonds is 5. The molecule has 8 rings (SSSR count). The molecule has 4 heteroatoms. The highest BCUT2D eigenvalue weighted by Gasteiger charge is 2.37. The number of benzene rings is 6. The molecule has 0 bridgehead atoms. The highest BCUT2D eigenvalue weighted by molar-refractivity contribution is 7.32. The molecule has 0 saturated heterocycles. The fraction of sp³-hybridized carbons (Fsp3) is 0.224. The number of hydrogen-bond acceptors (Lipinski definition) is 3. The zero-order chi connectivity index (χ0) is 37.2. The van der Waals surface area contributed by atoms with Crippen LogP contribution in [0, 0.1) is 20.8 Å². The van der Waals surface area contributed by atoms with E-state index >= 15 is 0 Å². The Kier molecular flexibility index (Phi) is 8.66. The van der Waals surface area contributed by atoms with Crippen molar-refractivity contribution in [2.24, 2.45) is 0 Å². The minimum absolute atomic E-state index is 0.0702. The second-order valence-corrected chi connectivity index (χ2v) is 18.0. The van der Waals surface area contributed by atoms with E-state index in [1.807, 2.05) is 11.3 Å². The minimum atomic E-state index is 0.0702. The van der Waals surface area contributed by atoms with Crippen LogP contribution in [0.25, 0.3) is 10.1 Å². The van der Waals surface area contributed by atoms with Gasteiger partial charge in [0.15, 0.2) is 0 Å². The Morgan fingerprint density at radius 2 is 1.11 bits per heavy atom. The van der Waals surface area contributed by atoms with Crippen LogP contribution < -0.4 is 25.5 Å². The van der Waals surface area contributed by atoms with Crippen molar-refractivity contribution in [3.8, 4) is 0 Å². The Hall–Kier alpha value is -5.06. The first kappa shape index (κ1) is 35.0. The van der Waals surface area contributed by atoms with Crippen LogP contribution in [0.15, 0.2) is 133 Å². The van der Waals surface area contributed by atoms with Gasteiger partial charge in [0, 0.05) is 38.8 Å². The third-order valence-electron chi connectivity index (χ3n) is 11.0. The van der Waals surface area contributed by atoms with Crippen LogP contribution in [0.2, 0.25) is 0 Å². The van der Waals surface area contributed by atoms with Crippen LogP contribution in [0.5, 0.6) is 0 Å². The van der Waals surface area contributed by atoms with Crippen LogP contribution >= 0.6 is 11.3 Å². The van der Waals surface area contributed by atoms with Gasteiger partial charge in [-0.05, 0) is 141 Å². The van der Waals surface area contributed by atoms with E-state index in [1.165, 1.54) is 82.0 Å². The topological polar surface area (TPSA) is 6.48 Å². The summed E-state index contributed by atoms with van der Waals surface area (Å²) in [6.07, 6.45) is 0. The zero-order valence-corrected chi connectivity index (χ0v) is 33.4. The molecule has 0 N–H and O–H groups in total. The number of aryl methyl sites for hydroxylation is 3. The first-order valence-corrected chi connectivity index (χ1v) is 19.7. The first-order chi connectivity index (χ1) is 25.3. The summed E-state index contributed by atoms with van der Waals surface area (Å²) in [5.41, 5.74) is 16.4. The van der Waals surface area contributed by atoms with E-state index < -0.39 is 0 Å². The summed E-state index contributed by atoms with van der Waals surface area (Å²) in [7, 11) is 0. The molecule has 0 amide bonds. The monoisotopic (exact) mass is 708 g/mol. The molecule has 2 heterocycles. The molecule has 264 valence electrons. The van der Waals surface area contributed by atoms with E-state index in [1.54, 1.807) is 0 Å². The summed E-state index contributed by atoms with van der Waals surface area (Å²) in [5, 5.41) is 1.33. The van der Waals surface area contributed by atoms with Crippen LogP contribution in [-0.2, 0) is 10.8 Å². The van der Waals surface area contributed by atoms with Crippen molar-refractivity contribution in [3.63, 3.8) is 0 Å². The molecule has 0 atom stereocenters. The quantitative estimate of drug-likeness (QED) is 0.164. The van der Waals surface area contributed by atoms with Crippen molar-refractivity contribution in [1.29, 1.82) is 0 Å². The number of para-hydroxylation sites is 2. The molecular formula is C49H49BN2S. The maximum absolute atomic E-state index is 2.52. The maximum atomic E-state index is 2.52. The van der Waals surface area contributed by atoms with E-state index in [2.05, 4.69) is 206 Å². The van der Waals surface area contributed by atoms with Gasteiger partial charge in [-0.2, -0.15) is 0 Å². The number of hydrogen-bond donors (Lipinski definition) is 0. The van der Waals surface area contributed by atoms with Gasteiger partial charge in [-0.1, -0.05) is 114 Å². The maximum Gasteiger partial charge on any atom is 0.259 e. The zero-order valence-electron chi connectivity index (χ0n) is 32.6. The third kappa shape index (κ3) is 6.38. The Labute approximate surface area is 320 Å². The summed E-state index contributed by atoms with van der Waals surface area (Å²) >= 11 is 1.94. The molecule has 0 saturated carbocycles. The van der Waals surface area contributed by atoms with E-state index in [-0.39, 0.29) is 17.5 Å². The smallest absolute Gasteiger partial charge is 0.259 e. The van der Waals surface area contributed by atoms with Crippen molar-refractivity contribution in [2.75, 3.05) is 9.80 Å². The molecule has 0 spiro atoms. The van der Waals surface area contributed by atoms with Crippen molar-refractivity contribution >= 4 is 78.0 Å². The highest BCUT2D eigenvalue weighted by atomic mass is 32.1. The van der Waals surface area contributed by atoms with Crippen molar-refractivity contribution in [3.05, 3.63) is 161 Å². The summed E-state index contributed by atoms with van der Waals surface area (Å²) in [6.45, 7) is 20.5. The molecule has 0 unspecified atom stereocenters. The first-order valence-electron chi connectivity index (χ1n) is 18.9. The number of nitrogens with zero attached hydrogens (tertiary/aromatic N) is 2. The molecule has 2 nitrogen and oxygen atoms in total. The molecule has 0 aliphatic carbocycles. The van der Waals surface area contributed by atoms with E-state index in [4.69, 9.17) is 0 Å². The fourth-order valence-corrected chi connectivity index (χ4v) is 9.09. The van der Waals surface area contributed by atoms with E-state index in [9.17, 15) is 0 Å². The summed E-state index contributed by atoms with van der Waals surface area (Å²) in [6, 6.07) is 50.5. The Bertz CT molecular complexity index is 2430. The third-order valence-corrected chi connectivity index (χ3v) is 12.1. The van der Waals surface area contributed by atoms with Crippen LogP contribution in [0.1, 0.15) is 69.4 Å². The largest absolute Gasteiger partial charge is 0.311 e. The Balaban J connectivity index is 1.39. The Morgan fingerprint density at radius 3 is 1.72 bits per heavy atom. The summed E-state index contributed by atoms with van der Waals surface area (Å²) in [4.78, 5) is 4.96. The SMILES string of the molecule is Cc1ccc2c(c1)N(c1ccc(C(C)(C)C)cc1)c1cc(N(c3ccccc3C)c3ccccc3C)ccc1B2c1cc2cc(C(C)(C)C)ccc2s1. The second kappa shape index (κ2) is 13.1. The molecule has 1 aliphatic heterocycles. The predicted octanol–water partition coefficient (Wildman–Crippen LogP) is 12.2. The lowest BCUT2D eigenvalue weighted by atomic mass is 9.38. The standard InChI is InChI=1S/C49H49BN2S/c1-32-18-25-40-44(28-32)51(38-22-19-36(20-23-38)48(4,5)6)45-31-39(52(42-16-12-10-14-33(42)2)43-17-13-11-15-34(43)3)24-26-41(45)50(40)47-30-35-29-37(49(7,8)9)21-27-46(35)53-47/h10-31H,1-9H3. The molecular weight excluding hydrogens is 659 g/mol. The molecule has 7 aromatic rings. The van der Waals surface area contributed by atoms with Crippen molar-refractivity contribution in [1.82, 2.24) is 0 Å². The fourth-order valence-electron chi connectivity index (χ4n) is 7.90. The van der Waals surface area contributed by atoms with Gasteiger partial charge in [0.2, 0.25) is 0 Å². The predicted molar refractivity (Wildman–Crippen MR) is 234 cm³/mol. The van der Waals surface area contributed by atoms with Gasteiger partial charge < -0.3 is 9.80 Å². The molecule has 1 aliphatic rings. The Morgan fingerprint density at radius 1 is 0.547 bits per heavy atom. The highest BCUT2D eigenvalue weighted by Crippen LogP contribution is 2.43. The molecule has 6 aromatic carbocycles. The van der Waals surface area contributed by atoms with Crippen LogP contribution in [0.3, 0.4) is 0 Å². The second-order valence-electron chi connectivity index (χ2n) is 16.9. The van der Waals surface area contributed by atoms with Crippen LogP contribution in [-0.4, -0.2) is 6.71 Å². The van der Waals surface area contributed by atoms with Gasteiger partial charge in [-0.15, -0.1) is 11.3 Å². The molecule has 53 heavy (non-hydrogen) atoms. The van der Waals surface area contributed by atoms with Gasteiger partial charge in [0.25, 0.3) is 6.71 Å². The van der Waals surface area contributed by atoms with E-state index in [0.29, 0.717) is 0 Å². The van der Waals surface area contributed by atoms with Crippen molar-refractivity contribution < 1.29 is 0 Å². The average Bonchev–Trinajstić information content (AvgIpc) is 3.55. The van der Waals surface area contributed by atoms with Gasteiger partial charge >= 0.3 is 0 Å².